The van der Waals surface area contributed by atoms with E-state index in [4.69, 9.17) is 9.47 Å². The fraction of sp³-hybridized carbons (Fsp3) is 0.350. The van der Waals surface area contributed by atoms with Crippen LogP contribution in [0, 0.1) is 0 Å². The molecular formula is C20H23N3O2S. The Morgan fingerprint density at radius 3 is 2.73 bits per heavy atom. The van der Waals surface area contributed by atoms with Crippen LogP contribution in [0.25, 0.3) is 11.0 Å². The van der Waals surface area contributed by atoms with Crippen molar-refractivity contribution in [2.45, 2.75) is 18.4 Å². The van der Waals surface area contributed by atoms with E-state index < -0.39 is 0 Å². The van der Waals surface area contributed by atoms with Crippen LogP contribution in [-0.4, -0.2) is 34.3 Å². The minimum absolute atomic E-state index is 0.437. The zero-order valence-corrected chi connectivity index (χ0v) is 15.9. The van der Waals surface area contributed by atoms with Crippen molar-refractivity contribution >= 4 is 22.8 Å². The number of nitrogens with zero attached hydrogens (tertiary/aromatic N) is 2. The average Bonchev–Trinajstić information content (AvgIpc) is 3.29. The number of hydrogen-bond acceptors (Lipinski definition) is 5. The van der Waals surface area contributed by atoms with E-state index >= 15 is 0 Å². The van der Waals surface area contributed by atoms with Gasteiger partial charge in [-0.15, -0.1) is 11.8 Å². The summed E-state index contributed by atoms with van der Waals surface area (Å²) in [5.41, 5.74) is 3.32. The Morgan fingerprint density at radius 1 is 1.19 bits per heavy atom. The van der Waals surface area contributed by atoms with Gasteiger partial charge >= 0.3 is 0 Å². The smallest absolute Gasteiger partial charge is 0.147 e. The second-order valence-corrected chi connectivity index (χ2v) is 7.70. The SMILES string of the molecule is COc1ccc2nc(COc3ccc(CC4NCCS4)cc3)n(C)c2c1. The second-order valence-electron chi connectivity index (χ2n) is 6.39. The summed E-state index contributed by atoms with van der Waals surface area (Å²) in [6, 6.07) is 14.3. The fourth-order valence-electron chi connectivity index (χ4n) is 3.17. The summed E-state index contributed by atoms with van der Waals surface area (Å²) >= 11 is 1.99. The van der Waals surface area contributed by atoms with Crippen molar-refractivity contribution in [3.05, 3.63) is 53.9 Å². The number of hydrogen-bond donors (Lipinski definition) is 1. The Hall–Kier alpha value is -2.18. The molecular weight excluding hydrogens is 346 g/mol. The predicted molar refractivity (Wildman–Crippen MR) is 106 cm³/mol. The normalized spacial score (nSPS) is 16.9. The van der Waals surface area contributed by atoms with Crippen LogP contribution in [0.3, 0.4) is 0 Å². The highest BCUT2D eigenvalue weighted by atomic mass is 32.2. The van der Waals surface area contributed by atoms with Gasteiger partial charge < -0.3 is 19.4 Å². The van der Waals surface area contributed by atoms with Gasteiger partial charge in [-0.05, 0) is 36.2 Å². The monoisotopic (exact) mass is 369 g/mol. The third-order valence-corrected chi connectivity index (χ3v) is 5.86. The first-order chi connectivity index (χ1) is 12.7. The quantitative estimate of drug-likeness (QED) is 0.722. The number of fused-ring (bicyclic) bond motifs is 1. The number of aromatic nitrogens is 2. The molecule has 2 heterocycles. The van der Waals surface area contributed by atoms with Gasteiger partial charge in [0.15, 0.2) is 0 Å². The molecule has 1 aromatic heterocycles. The van der Waals surface area contributed by atoms with Gasteiger partial charge in [-0.25, -0.2) is 4.98 Å². The molecule has 1 fully saturated rings. The van der Waals surface area contributed by atoms with Crippen molar-refractivity contribution in [1.29, 1.82) is 0 Å². The third-order valence-electron chi connectivity index (χ3n) is 4.69. The topological polar surface area (TPSA) is 48.3 Å². The highest BCUT2D eigenvalue weighted by Crippen LogP contribution is 2.23. The van der Waals surface area contributed by atoms with E-state index in [-0.39, 0.29) is 0 Å². The highest BCUT2D eigenvalue weighted by Gasteiger charge is 2.15. The Labute approximate surface area is 157 Å². The molecule has 1 saturated heterocycles. The molecule has 0 radical (unpaired) electrons. The molecule has 136 valence electrons. The van der Waals surface area contributed by atoms with Gasteiger partial charge in [-0.3, -0.25) is 0 Å². The summed E-state index contributed by atoms with van der Waals surface area (Å²) in [4.78, 5) is 4.66. The minimum atomic E-state index is 0.437. The molecule has 1 unspecified atom stereocenters. The molecule has 0 bridgehead atoms. The third kappa shape index (κ3) is 3.66. The Morgan fingerprint density at radius 2 is 2.00 bits per heavy atom. The Kier molecular flexibility index (Phi) is 5.04. The van der Waals surface area contributed by atoms with Crippen LogP contribution >= 0.6 is 11.8 Å². The molecule has 3 aromatic rings. The first-order valence-electron chi connectivity index (χ1n) is 8.79. The van der Waals surface area contributed by atoms with Gasteiger partial charge in [-0.1, -0.05) is 12.1 Å². The van der Waals surface area contributed by atoms with Gasteiger partial charge in [-0.2, -0.15) is 0 Å². The van der Waals surface area contributed by atoms with E-state index in [1.54, 1.807) is 7.11 Å². The van der Waals surface area contributed by atoms with E-state index in [0.29, 0.717) is 12.0 Å². The lowest BCUT2D eigenvalue weighted by molar-refractivity contribution is 0.292. The zero-order chi connectivity index (χ0) is 17.9. The lowest BCUT2D eigenvalue weighted by Crippen LogP contribution is -2.21. The van der Waals surface area contributed by atoms with E-state index in [0.717, 1.165) is 41.3 Å². The number of rotatable bonds is 6. The van der Waals surface area contributed by atoms with Crippen molar-refractivity contribution in [3.8, 4) is 11.5 Å². The van der Waals surface area contributed by atoms with Crippen LogP contribution in [-0.2, 0) is 20.1 Å². The summed E-state index contributed by atoms with van der Waals surface area (Å²) in [7, 11) is 3.68. The predicted octanol–water partition coefficient (Wildman–Crippen LogP) is 3.37. The van der Waals surface area contributed by atoms with E-state index in [2.05, 4.69) is 27.0 Å². The van der Waals surface area contributed by atoms with Crippen LogP contribution < -0.4 is 14.8 Å². The fourth-order valence-corrected chi connectivity index (χ4v) is 4.24. The molecule has 0 spiro atoms. The molecule has 4 rings (SSSR count). The summed E-state index contributed by atoms with van der Waals surface area (Å²) in [6.45, 7) is 1.55. The Bertz CT molecular complexity index is 886. The van der Waals surface area contributed by atoms with E-state index in [9.17, 15) is 0 Å². The number of methoxy groups -OCH3 is 1. The van der Waals surface area contributed by atoms with E-state index in [1.807, 2.05) is 49.1 Å². The number of aryl methyl sites for hydroxylation is 1. The summed E-state index contributed by atoms with van der Waals surface area (Å²) in [6.07, 6.45) is 1.05. The van der Waals surface area contributed by atoms with Crippen molar-refractivity contribution < 1.29 is 9.47 Å². The van der Waals surface area contributed by atoms with Gasteiger partial charge in [0.1, 0.15) is 23.9 Å². The van der Waals surface area contributed by atoms with E-state index in [1.165, 1.54) is 11.3 Å². The van der Waals surface area contributed by atoms with Gasteiger partial charge in [0, 0.05) is 25.4 Å². The molecule has 1 aliphatic rings. The minimum Gasteiger partial charge on any atom is -0.497 e. The van der Waals surface area contributed by atoms with Crippen molar-refractivity contribution in [1.82, 2.24) is 14.9 Å². The number of nitrogens with one attached hydrogen (secondary N) is 1. The molecule has 0 amide bonds. The number of thioether (sulfide) groups is 1. The standard InChI is InChI=1S/C20H23N3O2S/c1-23-18-12-16(24-2)7-8-17(18)22-19(23)13-25-15-5-3-14(4-6-15)11-20-21-9-10-26-20/h3-8,12,20-21H,9-11,13H2,1-2H3. The molecule has 0 aliphatic carbocycles. The maximum absolute atomic E-state index is 5.95. The number of ether oxygens (including phenoxy) is 2. The number of benzene rings is 2. The van der Waals surface area contributed by atoms with Gasteiger partial charge in [0.2, 0.25) is 0 Å². The average molecular weight is 369 g/mol. The lowest BCUT2D eigenvalue weighted by atomic mass is 10.1. The number of imidazole rings is 1. The summed E-state index contributed by atoms with van der Waals surface area (Å²) in [5.74, 6) is 3.79. The van der Waals surface area contributed by atoms with Crippen LogP contribution in [0.2, 0.25) is 0 Å². The molecule has 1 aliphatic heterocycles. The maximum atomic E-state index is 5.95. The molecule has 6 heteroatoms. The van der Waals surface area contributed by atoms with Crippen LogP contribution in [0.15, 0.2) is 42.5 Å². The molecule has 1 atom stereocenters. The highest BCUT2D eigenvalue weighted by molar-refractivity contribution is 8.00. The second kappa shape index (κ2) is 7.60. The zero-order valence-electron chi connectivity index (χ0n) is 15.1. The maximum Gasteiger partial charge on any atom is 0.147 e. The lowest BCUT2D eigenvalue weighted by Gasteiger charge is -2.10. The first kappa shape index (κ1) is 17.2. The van der Waals surface area contributed by atoms with Crippen molar-refractivity contribution in [2.24, 2.45) is 7.05 Å². The Balaban J connectivity index is 1.42. The van der Waals surface area contributed by atoms with Gasteiger partial charge in [0.25, 0.3) is 0 Å². The largest absolute Gasteiger partial charge is 0.497 e. The first-order valence-corrected chi connectivity index (χ1v) is 9.84. The molecule has 26 heavy (non-hydrogen) atoms. The molecule has 5 nitrogen and oxygen atoms in total. The van der Waals surface area contributed by atoms with Crippen LogP contribution in [0.1, 0.15) is 11.4 Å². The molecule has 2 aromatic carbocycles. The van der Waals surface area contributed by atoms with Crippen LogP contribution in [0.4, 0.5) is 0 Å². The van der Waals surface area contributed by atoms with Crippen LogP contribution in [0.5, 0.6) is 11.5 Å². The summed E-state index contributed by atoms with van der Waals surface area (Å²) < 4.78 is 13.3. The van der Waals surface area contributed by atoms with Gasteiger partial charge in [0.05, 0.1) is 23.5 Å². The molecule has 1 N–H and O–H groups in total. The molecule has 0 saturated carbocycles. The summed E-state index contributed by atoms with van der Waals surface area (Å²) in [5, 5.41) is 4.05. The van der Waals surface area contributed by atoms with Crippen molar-refractivity contribution in [3.63, 3.8) is 0 Å². The van der Waals surface area contributed by atoms with Crippen molar-refractivity contribution in [2.75, 3.05) is 19.4 Å².